The molecule has 0 radical (unpaired) electrons. The summed E-state index contributed by atoms with van der Waals surface area (Å²) in [7, 11) is -2.41. The fourth-order valence-electron chi connectivity index (χ4n) is 2.31. The van der Waals surface area contributed by atoms with Crippen molar-refractivity contribution in [1.82, 2.24) is 4.98 Å². The Balaban J connectivity index is 2.02. The topological polar surface area (TPSA) is 132 Å². The van der Waals surface area contributed by atoms with Crippen molar-refractivity contribution in [2.75, 3.05) is 12.4 Å². The van der Waals surface area contributed by atoms with Gasteiger partial charge in [-0.15, -0.1) is 11.3 Å². The maximum atomic E-state index is 11.6. The number of carboxylic acids is 1. The molecule has 2 aromatic carbocycles. The van der Waals surface area contributed by atoms with Crippen molar-refractivity contribution < 1.29 is 23.1 Å². The monoisotopic (exact) mass is 439 g/mol. The van der Waals surface area contributed by atoms with E-state index in [1.54, 1.807) is 31.4 Å². The molecule has 0 bridgehead atoms. The lowest BCUT2D eigenvalue weighted by molar-refractivity contribution is 0.0703. The van der Waals surface area contributed by atoms with Crippen LogP contribution < -0.4 is 15.2 Å². The molecular formula is C17H14ClN3O5S2. The number of sulfonamides is 1. The Labute approximate surface area is 169 Å². The lowest BCUT2D eigenvalue weighted by Crippen LogP contribution is -2.12. The van der Waals surface area contributed by atoms with Gasteiger partial charge in [0.25, 0.3) is 0 Å². The number of rotatable bonds is 6. The number of carboxylic acid groups (broad SMARTS) is 1. The van der Waals surface area contributed by atoms with Crippen molar-refractivity contribution in [3.8, 4) is 16.3 Å². The van der Waals surface area contributed by atoms with Crippen LogP contribution >= 0.6 is 22.9 Å². The van der Waals surface area contributed by atoms with Gasteiger partial charge in [0.1, 0.15) is 10.8 Å². The Bertz CT molecular complexity index is 1140. The number of aromatic carboxylic acids is 1. The van der Waals surface area contributed by atoms with Crippen molar-refractivity contribution in [3.63, 3.8) is 0 Å². The summed E-state index contributed by atoms with van der Waals surface area (Å²) in [5.74, 6) is -0.487. The van der Waals surface area contributed by atoms with E-state index in [1.807, 2.05) is 0 Å². The minimum atomic E-state index is -3.95. The average Bonchev–Trinajstić information content (AvgIpc) is 3.07. The first-order valence-corrected chi connectivity index (χ1v) is 10.4. The predicted molar refractivity (Wildman–Crippen MR) is 107 cm³/mol. The Morgan fingerprint density at radius 2 is 1.93 bits per heavy atom. The summed E-state index contributed by atoms with van der Waals surface area (Å²) in [5.41, 5.74) is 0.869. The molecule has 28 heavy (non-hydrogen) atoms. The first kappa shape index (κ1) is 20.1. The number of anilines is 2. The van der Waals surface area contributed by atoms with Gasteiger partial charge in [-0.05, 0) is 42.5 Å². The van der Waals surface area contributed by atoms with Crippen molar-refractivity contribution >= 4 is 50.4 Å². The standard InChI is InChI=1S/C17H14ClN3O5S2/c1-26-10-4-2-9(3-5-10)16-21-15(14(27-16)17(22)23)20-13-8-11(28(19,24)25)6-7-12(13)18/h2-8,20H,1H3,(H,22,23)(H2,19,24,25). The molecule has 8 nitrogen and oxygen atoms in total. The molecule has 0 aliphatic rings. The van der Waals surface area contributed by atoms with Gasteiger partial charge in [0.2, 0.25) is 10.0 Å². The number of methoxy groups -OCH3 is 1. The molecule has 146 valence electrons. The highest BCUT2D eigenvalue weighted by Gasteiger charge is 2.20. The molecule has 0 spiro atoms. The number of aromatic nitrogens is 1. The highest BCUT2D eigenvalue weighted by atomic mass is 35.5. The maximum Gasteiger partial charge on any atom is 0.349 e. The summed E-state index contributed by atoms with van der Waals surface area (Å²) >= 11 is 7.07. The molecule has 1 heterocycles. The lowest BCUT2D eigenvalue weighted by atomic mass is 10.2. The normalized spacial score (nSPS) is 11.2. The number of nitrogens with one attached hydrogen (secondary N) is 1. The molecule has 11 heteroatoms. The van der Waals surface area contributed by atoms with Gasteiger partial charge in [0.15, 0.2) is 10.7 Å². The van der Waals surface area contributed by atoms with E-state index in [9.17, 15) is 18.3 Å². The van der Waals surface area contributed by atoms with Gasteiger partial charge >= 0.3 is 5.97 Å². The van der Waals surface area contributed by atoms with Gasteiger partial charge in [-0.3, -0.25) is 0 Å². The van der Waals surface area contributed by atoms with E-state index in [4.69, 9.17) is 21.5 Å². The summed E-state index contributed by atoms with van der Waals surface area (Å²) in [4.78, 5) is 15.7. The molecule has 0 aliphatic carbocycles. The van der Waals surface area contributed by atoms with Gasteiger partial charge in [-0.25, -0.2) is 23.3 Å². The van der Waals surface area contributed by atoms with Gasteiger partial charge in [0.05, 0.1) is 22.7 Å². The van der Waals surface area contributed by atoms with Crippen LogP contribution in [-0.2, 0) is 10.0 Å². The molecular weight excluding hydrogens is 426 g/mol. The Morgan fingerprint density at radius 3 is 2.50 bits per heavy atom. The summed E-state index contributed by atoms with van der Waals surface area (Å²) in [6.45, 7) is 0. The maximum absolute atomic E-state index is 11.6. The molecule has 3 rings (SSSR count). The number of primary sulfonamides is 1. The third-order valence-corrected chi connectivity index (χ3v) is 6.01. The summed E-state index contributed by atoms with van der Waals surface area (Å²) in [6.07, 6.45) is 0. The van der Waals surface area contributed by atoms with E-state index < -0.39 is 16.0 Å². The van der Waals surface area contributed by atoms with E-state index in [-0.39, 0.29) is 26.3 Å². The van der Waals surface area contributed by atoms with E-state index in [2.05, 4.69) is 10.3 Å². The molecule has 0 fully saturated rings. The van der Waals surface area contributed by atoms with Crippen LogP contribution in [0, 0.1) is 0 Å². The van der Waals surface area contributed by atoms with Crippen molar-refractivity contribution in [1.29, 1.82) is 0 Å². The average molecular weight is 440 g/mol. The molecule has 0 aliphatic heterocycles. The zero-order valence-corrected chi connectivity index (χ0v) is 16.7. The third kappa shape index (κ3) is 4.25. The molecule has 0 saturated heterocycles. The Hall–Kier alpha value is -2.66. The SMILES string of the molecule is COc1ccc(-c2nc(Nc3cc(S(N)(=O)=O)ccc3Cl)c(C(=O)O)s2)cc1. The van der Waals surface area contributed by atoms with Gasteiger partial charge < -0.3 is 15.2 Å². The zero-order valence-electron chi connectivity index (χ0n) is 14.3. The smallest absolute Gasteiger partial charge is 0.349 e. The highest BCUT2D eigenvalue weighted by Crippen LogP contribution is 2.35. The third-order valence-electron chi connectivity index (χ3n) is 3.68. The minimum Gasteiger partial charge on any atom is -0.497 e. The van der Waals surface area contributed by atoms with Crippen LogP contribution in [0.5, 0.6) is 5.75 Å². The highest BCUT2D eigenvalue weighted by molar-refractivity contribution is 7.89. The van der Waals surface area contributed by atoms with E-state index in [0.717, 1.165) is 11.3 Å². The van der Waals surface area contributed by atoms with E-state index in [0.29, 0.717) is 16.3 Å². The molecule has 0 saturated carbocycles. The number of ether oxygens (including phenoxy) is 1. The number of nitrogens with two attached hydrogens (primary N) is 1. The summed E-state index contributed by atoms with van der Waals surface area (Å²) in [6, 6.07) is 10.8. The van der Waals surface area contributed by atoms with Crippen LogP contribution in [-0.4, -0.2) is 31.6 Å². The number of benzene rings is 2. The number of nitrogens with zero attached hydrogens (tertiary/aromatic N) is 1. The largest absolute Gasteiger partial charge is 0.497 e. The lowest BCUT2D eigenvalue weighted by Gasteiger charge is -2.08. The number of hydrogen-bond acceptors (Lipinski definition) is 7. The van der Waals surface area contributed by atoms with Crippen LogP contribution in [0.1, 0.15) is 9.67 Å². The Morgan fingerprint density at radius 1 is 1.25 bits per heavy atom. The van der Waals surface area contributed by atoms with Crippen LogP contribution in [0.3, 0.4) is 0 Å². The van der Waals surface area contributed by atoms with Crippen LogP contribution in [0.4, 0.5) is 11.5 Å². The number of carbonyl (C=O) groups is 1. The van der Waals surface area contributed by atoms with Crippen molar-refractivity contribution in [2.45, 2.75) is 4.90 Å². The van der Waals surface area contributed by atoms with E-state index in [1.165, 1.54) is 18.2 Å². The molecule has 0 unspecified atom stereocenters. The van der Waals surface area contributed by atoms with Gasteiger partial charge in [0, 0.05) is 5.56 Å². The first-order chi connectivity index (χ1) is 13.2. The second-order valence-corrected chi connectivity index (χ2v) is 8.51. The van der Waals surface area contributed by atoms with Crippen molar-refractivity contribution in [2.24, 2.45) is 5.14 Å². The number of halogens is 1. The van der Waals surface area contributed by atoms with Crippen LogP contribution in [0.2, 0.25) is 5.02 Å². The summed E-state index contributed by atoms with van der Waals surface area (Å²) < 4.78 is 28.2. The molecule has 0 atom stereocenters. The summed E-state index contributed by atoms with van der Waals surface area (Å²) in [5, 5.41) is 18.1. The fourth-order valence-corrected chi connectivity index (χ4v) is 3.88. The molecule has 1 aromatic heterocycles. The zero-order chi connectivity index (χ0) is 20.5. The van der Waals surface area contributed by atoms with Crippen LogP contribution in [0.15, 0.2) is 47.4 Å². The van der Waals surface area contributed by atoms with Crippen molar-refractivity contribution in [3.05, 3.63) is 52.4 Å². The quantitative estimate of drug-likeness (QED) is 0.534. The molecule has 4 N–H and O–H groups in total. The molecule has 3 aromatic rings. The predicted octanol–water partition coefficient (Wildman–Crippen LogP) is 3.56. The molecule has 0 amide bonds. The number of thiazole rings is 1. The van der Waals surface area contributed by atoms with E-state index >= 15 is 0 Å². The Kier molecular flexibility index (Phi) is 5.57. The second-order valence-electron chi connectivity index (χ2n) is 5.54. The van der Waals surface area contributed by atoms with Gasteiger partial charge in [-0.1, -0.05) is 11.6 Å². The minimum absolute atomic E-state index is 0.0387. The first-order valence-electron chi connectivity index (χ1n) is 7.67. The fraction of sp³-hybridized carbons (Fsp3) is 0.0588. The number of hydrogen-bond donors (Lipinski definition) is 3. The second kappa shape index (κ2) is 7.76. The van der Waals surface area contributed by atoms with Crippen LogP contribution in [0.25, 0.3) is 10.6 Å². The van der Waals surface area contributed by atoms with Gasteiger partial charge in [-0.2, -0.15) is 0 Å².